The molecule has 0 saturated heterocycles. The topological polar surface area (TPSA) is 52.5 Å². The van der Waals surface area contributed by atoms with E-state index in [0.717, 1.165) is 24.9 Å². The number of rotatable bonds is 5. The molecule has 1 unspecified atom stereocenters. The van der Waals surface area contributed by atoms with Crippen LogP contribution in [0.2, 0.25) is 0 Å². The first-order valence-electron chi connectivity index (χ1n) is 5.37. The molecular formula is C12H19NO2. The van der Waals surface area contributed by atoms with E-state index in [1.54, 1.807) is 12.1 Å². The van der Waals surface area contributed by atoms with E-state index in [4.69, 9.17) is 5.11 Å². The Hall–Kier alpha value is -1.22. The Kier molecular flexibility index (Phi) is 4.43. The molecule has 84 valence electrons. The van der Waals surface area contributed by atoms with Crippen molar-refractivity contribution in [1.29, 1.82) is 0 Å². The predicted octanol–water partition coefficient (Wildman–Crippen LogP) is 2.38. The van der Waals surface area contributed by atoms with Crippen LogP contribution in [0.15, 0.2) is 18.2 Å². The molecule has 0 bridgehead atoms. The monoisotopic (exact) mass is 209 g/mol. The van der Waals surface area contributed by atoms with E-state index < -0.39 is 0 Å². The summed E-state index contributed by atoms with van der Waals surface area (Å²) < 4.78 is 0. The van der Waals surface area contributed by atoms with E-state index in [2.05, 4.69) is 19.2 Å². The van der Waals surface area contributed by atoms with Crippen molar-refractivity contribution in [3.63, 3.8) is 0 Å². The van der Waals surface area contributed by atoms with Gasteiger partial charge in [0.25, 0.3) is 0 Å². The smallest absolute Gasteiger partial charge is 0.157 e. The quantitative estimate of drug-likeness (QED) is 0.653. The van der Waals surface area contributed by atoms with Gasteiger partial charge in [-0.05, 0) is 31.0 Å². The minimum Gasteiger partial charge on any atom is -0.504 e. The number of nitrogens with one attached hydrogen (secondary N) is 1. The predicted molar refractivity (Wildman–Crippen MR) is 61.0 cm³/mol. The van der Waals surface area contributed by atoms with E-state index in [0.29, 0.717) is 6.04 Å². The molecular weight excluding hydrogens is 190 g/mol. The van der Waals surface area contributed by atoms with E-state index in [1.165, 1.54) is 6.07 Å². The van der Waals surface area contributed by atoms with Crippen LogP contribution in [0.5, 0.6) is 11.5 Å². The molecule has 0 aliphatic heterocycles. The molecule has 3 heteroatoms. The molecule has 0 radical (unpaired) electrons. The maximum absolute atomic E-state index is 9.29. The fraction of sp³-hybridized carbons (Fsp3) is 0.500. The summed E-state index contributed by atoms with van der Waals surface area (Å²) in [7, 11) is 0. The van der Waals surface area contributed by atoms with Gasteiger partial charge < -0.3 is 15.5 Å². The fourth-order valence-corrected chi connectivity index (χ4v) is 1.51. The first-order chi connectivity index (χ1) is 7.13. The highest BCUT2D eigenvalue weighted by molar-refractivity contribution is 5.40. The molecule has 1 aromatic rings. The zero-order valence-electron chi connectivity index (χ0n) is 9.33. The third-order valence-electron chi connectivity index (χ3n) is 2.42. The van der Waals surface area contributed by atoms with Gasteiger partial charge in [0.2, 0.25) is 0 Å². The molecule has 15 heavy (non-hydrogen) atoms. The molecule has 0 aliphatic rings. The molecule has 0 saturated carbocycles. The largest absolute Gasteiger partial charge is 0.504 e. The second kappa shape index (κ2) is 5.61. The van der Waals surface area contributed by atoms with Gasteiger partial charge in [-0.2, -0.15) is 0 Å². The van der Waals surface area contributed by atoms with Crippen molar-refractivity contribution >= 4 is 0 Å². The summed E-state index contributed by atoms with van der Waals surface area (Å²) in [4.78, 5) is 0. The molecule has 0 fully saturated rings. The molecule has 1 aromatic carbocycles. The van der Waals surface area contributed by atoms with Crippen LogP contribution >= 0.6 is 0 Å². The lowest BCUT2D eigenvalue weighted by Gasteiger charge is -2.12. The lowest BCUT2D eigenvalue weighted by Crippen LogP contribution is -2.24. The Morgan fingerprint density at radius 1 is 1.27 bits per heavy atom. The van der Waals surface area contributed by atoms with Gasteiger partial charge in [-0.1, -0.05) is 19.4 Å². The van der Waals surface area contributed by atoms with Gasteiger partial charge in [0.15, 0.2) is 11.5 Å². The van der Waals surface area contributed by atoms with Crippen LogP contribution in [0.25, 0.3) is 0 Å². The first kappa shape index (κ1) is 11.9. The fourth-order valence-electron chi connectivity index (χ4n) is 1.51. The SMILES string of the molecule is CCCC(C)NCc1ccc(O)c(O)c1. The van der Waals surface area contributed by atoms with Crippen molar-refractivity contribution in [2.45, 2.75) is 39.3 Å². The van der Waals surface area contributed by atoms with Gasteiger partial charge in [-0.15, -0.1) is 0 Å². The van der Waals surface area contributed by atoms with Crippen LogP contribution in [-0.2, 0) is 6.54 Å². The van der Waals surface area contributed by atoms with Crippen molar-refractivity contribution in [3.8, 4) is 11.5 Å². The van der Waals surface area contributed by atoms with Crippen molar-refractivity contribution in [2.24, 2.45) is 0 Å². The molecule has 0 aliphatic carbocycles. The van der Waals surface area contributed by atoms with Crippen LogP contribution in [0.4, 0.5) is 0 Å². The van der Waals surface area contributed by atoms with Crippen LogP contribution in [-0.4, -0.2) is 16.3 Å². The van der Waals surface area contributed by atoms with Crippen LogP contribution in [0, 0.1) is 0 Å². The highest BCUT2D eigenvalue weighted by atomic mass is 16.3. The highest BCUT2D eigenvalue weighted by Gasteiger charge is 2.02. The number of benzene rings is 1. The van der Waals surface area contributed by atoms with Crippen molar-refractivity contribution in [1.82, 2.24) is 5.32 Å². The summed E-state index contributed by atoms with van der Waals surface area (Å²) in [6, 6.07) is 5.38. The lowest BCUT2D eigenvalue weighted by atomic mass is 10.1. The molecule has 3 nitrogen and oxygen atoms in total. The number of phenolic OH excluding ortho intramolecular Hbond substituents is 2. The standard InChI is InChI=1S/C12H19NO2/c1-3-4-9(2)13-8-10-5-6-11(14)12(15)7-10/h5-7,9,13-15H,3-4,8H2,1-2H3. The summed E-state index contributed by atoms with van der Waals surface area (Å²) in [5, 5.41) is 21.8. The molecule has 0 aromatic heterocycles. The first-order valence-corrected chi connectivity index (χ1v) is 5.37. The van der Waals surface area contributed by atoms with Crippen molar-refractivity contribution in [2.75, 3.05) is 0 Å². The van der Waals surface area contributed by atoms with Gasteiger partial charge in [-0.3, -0.25) is 0 Å². The van der Waals surface area contributed by atoms with Crippen LogP contribution in [0.3, 0.4) is 0 Å². The van der Waals surface area contributed by atoms with Crippen LogP contribution < -0.4 is 5.32 Å². The number of hydrogen-bond donors (Lipinski definition) is 3. The van der Waals surface area contributed by atoms with Gasteiger partial charge in [0, 0.05) is 12.6 Å². The molecule has 1 atom stereocenters. The zero-order chi connectivity index (χ0) is 11.3. The number of aromatic hydroxyl groups is 2. The Morgan fingerprint density at radius 2 is 2.00 bits per heavy atom. The Bertz CT molecular complexity index is 312. The average Bonchev–Trinajstić information content (AvgIpc) is 2.20. The van der Waals surface area contributed by atoms with Gasteiger partial charge in [0.1, 0.15) is 0 Å². The minimum absolute atomic E-state index is 0.0579. The van der Waals surface area contributed by atoms with Crippen molar-refractivity contribution in [3.05, 3.63) is 23.8 Å². The average molecular weight is 209 g/mol. The van der Waals surface area contributed by atoms with E-state index >= 15 is 0 Å². The Labute approximate surface area is 90.8 Å². The third kappa shape index (κ3) is 3.80. The normalized spacial score (nSPS) is 12.7. The summed E-state index contributed by atoms with van der Waals surface area (Å²) >= 11 is 0. The van der Waals surface area contributed by atoms with E-state index in [9.17, 15) is 5.11 Å². The lowest BCUT2D eigenvalue weighted by molar-refractivity contribution is 0.402. The van der Waals surface area contributed by atoms with E-state index in [-0.39, 0.29) is 11.5 Å². The summed E-state index contributed by atoms with van der Waals surface area (Å²) in [5.74, 6) is -0.127. The van der Waals surface area contributed by atoms with Crippen LogP contribution in [0.1, 0.15) is 32.3 Å². The molecule has 0 spiro atoms. The summed E-state index contributed by atoms with van der Waals surface area (Å²) in [6.07, 6.45) is 2.30. The number of phenols is 2. The summed E-state index contributed by atoms with van der Waals surface area (Å²) in [5.41, 5.74) is 0.980. The third-order valence-corrected chi connectivity index (χ3v) is 2.42. The second-order valence-electron chi connectivity index (χ2n) is 3.89. The highest BCUT2D eigenvalue weighted by Crippen LogP contribution is 2.24. The molecule has 1 rings (SSSR count). The summed E-state index contributed by atoms with van der Waals surface area (Å²) in [6.45, 7) is 5.02. The van der Waals surface area contributed by atoms with Gasteiger partial charge in [-0.25, -0.2) is 0 Å². The maximum Gasteiger partial charge on any atom is 0.157 e. The zero-order valence-corrected chi connectivity index (χ0v) is 9.33. The maximum atomic E-state index is 9.29. The molecule has 0 heterocycles. The molecule has 3 N–H and O–H groups in total. The van der Waals surface area contributed by atoms with Crippen molar-refractivity contribution < 1.29 is 10.2 Å². The Morgan fingerprint density at radius 3 is 2.60 bits per heavy atom. The Balaban J connectivity index is 2.47. The minimum atomic E-state index is -0.0691. The molecule has 0 amide bonds. The van der Waals surface area contributed by atoms with E-state index in [1.807, 2.05) is 0 Å². The van der Waals surface area contributed by atoms with Gasteiger partial charge >= 0.3 is 0 Å². The second-order valence-corrected chi connectivity index (χ2v) is 3.89. The number of hydrogen-bond acceptors (Lipinski definition) is 3. The van der Waals surface area contributed by atoms with Gasteiger partial charge in [0.05, 0.1) is 0 Å².